The first-order valence-electron chi connectivity index (χ1n) is 9.05. The van der Waals surface area contributed by atoms with E-state index in [1.54, 1.807) is 25.1 Å². The van der Waals surface area contributed by atoms with Crippen molar-refractivity contribution in [3.63, 3.8) is 0 Å². The fraction of sp³-hybridized carbons (Fsp3) is 0.250. The van der Waals surface area contributed by atoms with Gasteiger partial charge in [0.15, 0.2) is 11.5 Å². The summed E-state index contributed by atoms with van der Waals surface area (Å²) >= 11 is 0. The number of nitro groups is 1. The van der Waals surface area contributed by atoms with Crippen molar-refractivity contribution < 1.29 is 28.7 Å². The van der Waals surface area contributed by atoms with Gasteiger partial charge in [0, 0.05) is 25.5 Å². The van der Waals surface area contributed by atoms with Crippen LogP contribution in [0.5, 0.6) is 11.5 Å². The van der Waals surface area contributed by atoms with Crippen LogP contribution >= 0.6 is 0 Å². The average Bonchev–Trinajstić information content (AvgIpc) is 3.15. The van der Waals surface area contributed by atoms with E-state index in [1.165, 1.54) is 38.1 Å². The summed E-state index contributed by atoms with van der Waals surface area (Å²) in [5.74, 6) is -0.360. The lowest BCUT2D eigenvalue weighted by Crippen LogP contribution is -2.25. The van der Waals surface area contributed by atoms with Crippen LogP contribution in [0.15, 0.2) is 47.6 Å². The Morgan fingerprint density at radius 3 is 2.57 bits per heavy atom. The third-order valence-electron chi connectivity index (χ3n) is 4.11. The van der Waals surface area contributed by atoms with Crippen LogP contribution in [0.4, 0.5) is 5.69 Å². The van der Waals surface area contributed by atoms with Crippen molar-refractivity contribution >= 4 is 23.5 Å². The molecule has 0 aliphatic carbocycles. The van der Waals surface area contributed by atoms with E-state index in [2.05, 4.69) is 5.10 Å². The maximum Gasteiger partial charge on any atom is 0.308 e. The molecule has 1 atom stereocenters. The van der Waals surface area contributed by atoms with Gasteiger partial charge in [0.1, 0.15) is 0 Å². The van der Waals surface area contributed by atoms with Gasteiger partial charge in [-0.1, -0.05) is 12.1 Å². The Morgan fingerprint density at radius 1 is 1.20 bits per heavy atom. The van der Waals surface area contributed by atoms with Crippen molar-refractivity contribution in [2.75, 3.05) is 6.61 Å². The van der Waals surface area contributed by atoms with Gasteiger partial charge in [-0.25, -0.2) is 0 Å². The molecule has 0 spiro atoms. The smallest absolute Gasteiger partial charge is 0.308 e. The lowest BCUT2D eigenvalue weighted by Gasteiger charge is -2.19. The summed E-state index contributed by atoms with van der Waals surface area (Å²) in [5.41, 5.74) is 0.449. The quantitative estimate of drug-likeness (QED) is 0.309. The summed E-state index contributed by atoms with van der Waals surface area (Å²) in [5, 5.41) is 16.6. The molecule has 0 unspecified atom stereocenters. The van der Waals surface area contributed by atoms with E-state index >= 15 is 0 Å². The molecular weight excluding hydrogens is 394 g/mol. The molecule has 0 N–H and O–H groups in total. The van der Waals surface area contributed by atoms with Gasteiger partial charge in [-0.05, 0) is 31.2 Å². The van der Waals surface area contributed by atoms with Gasteiger partial charge < -0.3 is 14.2 Å². The molecule has 3 rings (SSSR count). The molecule has 1 amide bonds. The number of carbonyl (C=O) groups excluding carboxylic acids is 2. The number of para-hydroxylation sites is 1. The number of ether oxygens (including phenoxy) is 3. The topological polar surface area (TPSA) is 121 Å². The summed E-state index contributed by atoms with van der Waals surface area (Å²) < 4.78 is 16.5. The Hall–Kier alpha value is -3.95. The van der Waals surface area contributed by atoms with E-state index in [0.717, 1.165) is 5.01 Å². The molecule has 0 saturated carbocycles. The molecule has 1 aliphatic rings. The Bertz CT molecular complexity index is 1030. The summed E-state index contributed by atoms with van der Waals surface area (Å²) in [4.78, 5) is 34.3. The standard InChI is InChI=1S/C20H19N3O7/c1-4-28-18-11-14(9-10-17(18)29-13(3)25)19-21-22(12(2)24)20(30-19)15-7-5-6-8-16(15)23(26)27/h5-11,20H,4H2,1-3H3/t20-/m0/s1. The fourth-order valence-corrected chi connectivity index (χ4v) is 2.90. The minimum Gasteiger partial charge on any atom is -0.490 e. The largest absolute Gasteiger partial charge is 0.490 e. The summed E-state index contributed by atoms with van der Waals surface area (Å²) in [6.07, 6.45) is -1.09. The van der Waals surface area contributed by atoms with Crippen LogP contribution in [-0.2, 0) is 14.3 Å². The second-order valence-electron chi connectivity index (χ2n) is 6.24. The van der Waals surface area contributed by atoms with E-state index in [0.29, 0.717) is 17.9 Å². The number of esters is 1. The Morgan fingerprint density at radius 2 is 1.93 bits per heavy atom. The highest BCUT2D eigenvalue weighted by Crippen LogP contribution is 2.36. The zero-order valence-corrected chi connectivity index (χ0v) is 16.5. The van der Waals surface area contributed by atoms with Crippen LogP contribution in [-0.4, -0.2) is 34.3 Å². The SMILES string of the molecule is CCOc1cc(C2=NN(C(C)=O)[C@H](c3ccccc3[N+](=O)[O-])O2)ccc1OC(C)=O. The fourth-order valence-electron chi connectivity index (χ4n) is 2.90. The van der Waals surface area contributed by atoms with Crippen molar-refractivity contribution in [1.29, 1.82) is 0 Å². The molecule has 0 radical (unpaired) electrons. The Labute approximate surface area is 171 Å². The van der Waals surface area contributed by atoms with Gasteiger partial charge in [-0.2, -0.15) is 5.01 Å². The second-order valence-corrected chi connectivity index (χ2v) is 6.24. The van der Waals surface area contributed by atoms with E-state index in [4.69, 9.17) is 14.2 Å². The molecule has 1 heterocycles. The molecule has 10 heteroatoms. The zero-order valence-electron chi connectivity index (χ0n) is 16.5. The van der Waals surface area contributed by atoms with Crippen LogP contribution in [0.3, 0.4) is 0 Å². The molecule has 2 aromatic rings. The second kappa shape index (κ2) is 8.60. The molecule has 10 nitrogen and oxygen atoms in total. The van der Waals surface area contributed by atoms with Crippen molar-refractivity contribution in [1.82, 2.24) is 5.01 Å². The lowest BCUT2D eigenvalue weighted by molar-refractivity contribution is -0.386. The van der Waals surface area contributed by atoms with Gasteiger partial charge in [0.05, 0.1) is 17.1 Å². The highest BCUT2D eigenvalue weighted by Gasteiger charge is 2.37. The van der Waals surface area contributed by atoms with Crippen molar-refractivity contribution in [2.24, 2.45) is 5.10 Å². The van der Waals surface area contributed by atoms with E-state index in [-0.39, 0.29) is 22.9 Å². The first-order chi connectivity index (χ1) is 14.3. The number of benzene rings is 2. The molecule has 2 aromatic carbocycles. The Kier molecular flexibility index (Phi) is 5.95. The monoisotopic (exact) mass is 413 g/mol. The molecular formula is C20H19N3O7. The third-order valence-corrected chi connectivity index (χ3v) is 4.11. The molecule has 30 heavy (non-hydrogen) atoms. The van der Waals surface area contributed by atoms with Crippen molar-refractivity contribution in [3.8, 4) is 11.5 Å². The van der Waals surface area contributed by atoms with Gasteiger partial charge in [-0.3, -0.25) is 19.7 Å². The molecule has 0 aromatic heterocycles. The van der Waals surface area contributed by atoms with Crippen molar-refractivity contribution in [2.45, 2.75) is 27.0 Å². The Balaban J connectivity index is 1.99. The normalized spacial score (nSPS) is 15.2. The van der Waals surface area contributed by atoms with Crippen molar-refractivity contribution in [3.05, 3.63) is 63.7 Å². The van der Waals surface area contributed by atoms with Gasteiger partial charge in [0.25, 0.3) is 5.69 Å². The third kappa shape index (κ3) is 4.22. The maximum absolute atomic E-state index is 12.1. The number of hydrogen-bond acceptors (Lipinski definition) is 8. The van der Waals surface area contributed by atoms with Gasteiger partial charge in [0.2, 0.25) is 18.0 Å². The number of amides is 1. The summed E-state index contributed by atoms with van der Waals surface area (Å²) in [7, 11) is 0. The van der Waals surface area contributed by atoms with Crippen LogP contribution in [0, 0.1) is 10.1 Å². The number of carbonyl (C=O) groups is 2. The average molecular weight is 413 g/mol. The zero-order chi connectivity index (χ0) is 21.8. The number of hydrogen-bond donors (Lipinski definition) is 0. The highest BCUT2D eigenvalue weighted by atomic mass is 16.6. The minimum atomic E-state index is -1.09. The number of rotatable bonds is 6. The summed E-state index contributed by atoms with van der Waals surface area (Å²) in [6.45, 7) is 4.65. The predicted molar refractivity (Wildman–Crippen MR) is 105 cm³/mol. The number of nitro benzene ring substituents is 1. The molecule has 0 fully saturated rings. The minimum absolute atomic E-state index is 0.0729. The maximum atomic E-state index is 12.1. The van der Waals surface area contributed by atoms with Crippen LogP contribution < -0.4 is 9.47 Å². The van der Waals surface area contributed by atoms with Gasteiger partial charge >= 0.3 is 5.97 Å². The van der Waals surface area contributed by atoms with Gasteiger partial charge in [-0.15, -0.1) is 5.10 Å². The van der Waals surface area contributed by atoms with E-state index < -0.39 is 23.0 Å². The van der Waals surface area contributed by atoms with E-state index in [9.17, 15) is 19.7 Å². The van der Waals surface area contributed by atoms with Crippen LogP contribution in [0.2, 0.25) is 0 Å². The lowest BCUT2D eigenvalue weighted by atomic mass is 10.1. The first-order valence-corrected chi connectivity index (χ1v) is 9.05. The van der Waals surface area contributed by atoms with Crippen LogP contribution in [0.25, 0.3) is 0 Å². The number of hydrazone groups is 1. The number of nitrogens with zero attached hydrogens (tertiary/aromatic N) is 3. The molecule has 0 bridgehead atoms. The first kappa shape index (κ1) is 20.8. The molecule has 0 saturated heterocycles. The highest BCUT2D eigenvalue weighted by molar-refractivity contribution is 5.97. The molecule has 1 aliphatic heterocycles. The summed E-state index contributed by atoms with van der Waals surface area (Å²) in [6, 6.07) is 10.6. The predicted octanol–water partition coefficient (Wildman–Crippen LogP) is 3.16. The molecule has 156 valence electrons. The van der Waals surface area contributed by atoms with Crippen LogP contribution in [0.1, 0.15) is 38.1 Å². The van der Waals surface area contributed by atoms with E-state index in [1.807, 2.05) is 0 Å².